The van der Waals surface area contributed by atoms with Gasteiger partial charge in [-0.05, 0) is 0 Å². The van der Waals surface area contributed by atoms with Crippen LogP contribution < -0.4 is 10.1 Å². The van der Waals surface area contributed by atoms with Gasteiger partial charge in [-0.1, -0.05) is 0 Å². The van der Waals surface area contributed by atoms with Crippen LogP contribution in [0.25, 0.3) is 0 Å². The normalized spacial score (nSPS) is 11.5. The molecule has 11 heavy (non-hydrogen) atoms. The zero-order valence-electron chi connectivity index (χ0n) is 5.77. The molecule has 1 aromatic rings. The average molecular weight is 218 g/mol. The van der Waals surface area contributed by atoms with Crippen LogP contribution in [0.15, 0.2) is 24.3 Å². The van der Waals surface area contributed by atoms with Crippen LogP contribution in [0.5, 0.6) is 0 Å². The van der Waals surface area contributed by atoms with E-state index in [1.807, 2.05) is 0 Å². The molecule has 5 heteroatoms. The zero-order valence-corrected chi connectivity index (χ0v) is 7.64. The Morgan fingerprint density at radius 3 is 2.18 bits per heavy atom. The Morgan fingerprint density at radius 2 is 1.82 bits per heavy atom. The fraction of sp³-hybridized carbons (Fsp3) is 0. The van der Waals surface area contributed by atoms with E-state index in [0.29, 0.717) is 5.69 Å². The summed E-state index contributed by atoms with van der Waals surface area (Å²) in [7, 11) is 0. The topological polar surface area (TPSA) is 85.2 Å². The van der Waals surface area contributed by atoms with Gasteiger partial charge in [-0.25, -0.2) is 0 Å². The van der Waals surface area contributed by atoms with Crippen LogP contribution in [0.2, 0.25) is 0 Å². The van der Waals surface area contributed by atoms with Crippen molar-refractivity contribution in [3.63, 3.8) is 0 Å². The molecular weight excluding hydrogens is 209 g/mol. The van der Waals surface area contributed by atoms with E-state index in [2.05, 4.69) is 5.73 Å². The SMILES string of the molecule is [NH3+]c1ccccc1[As](=O)(O)O. The van der Waals surface area contributed by atoms with Gasteiger partial charge in [0.05, 0.1) is 0 Å². The minimum absolute atomic E-state index is 0.0608. The number of rotatable bonds is 1. The van der Waals surface area contributed by atoms with Crippen LogP contribution in [0, 0.1) is 0 Å². The number of hydrogen-bond donors (Lipinski definition) is 3. The van der Waals surface area contributed by atoms with Gasteiger partial charge in [0.15, 0.2) is 0 Å². The van der Waals surface area contributed by atoms with E-state index in [1.54, 1.807) is 18.2 Å². The monoisotopic (exact) mass is 218 g/mol. The minimum atomic E-state index is -4.71. The molecule has 1 rings (SSSR count). The second kappa shape index (κ2) is 2.83. The molecule has 0 aliphatic carbocycles. The maximum atomic E-state index is 10.8. The second-order valence-corrected chi connectivity index (χ2v) is 5.47. The van der Waals surface area contributed by atoms with Crippen molar-refractivity contribution in [2.75, 3.05) is 0 Å². The third-order valence-corrected chi connectivity index (χ3v) is 3.54. The Bertz CT molecular complexity index is 306. The van der Waals surface area contributed by atoms with Gasteiger partial charge < -0.3 is 0 Å². The Hall–Kier alpha value is -0.542. The quantitative estimate of drug-likeness (QED) is 0.482. The van der Waals surface area contributed by atoms with Crippen molar-refractivity contribution in [3.8, 4) is 0 Å². The van der Waals surface area contributed by atoms with Crippen molar-refractivity contribution in [3.05, 3.63) is 24.3 Å². The fourth-order valence-corrected chi connectivity index (χ4v) is 2.32. The predicted octanol–water partition coefficient (Wildman–Crippen LogP) is -1.88. The van der Waals surface area contributed by atoms with E-state index in [1.165, 1.54) is 6.07 Å². The van der Waals surface area contributed by atoms with Crippen LogP contribution in [0.4, 0.5) is 5.69 Å². The first kappa shape index (κ1) is 8.55. The third kappa shape index (κ3) is 1.94. The molecule has 0 aromatic heterocycles. The summed E-state index contributed by atoms with van der Waals surface area (Å²) in [6, 6.07) is 6.26. The summed E-state index contributed by atoms with van der Waals surface area (Å²) < 4.78 is 28.4. The summed E-state index contributed by atoms with van der Waals surface area (Å²) in [4.78, 5) is 0. The van der Waals surface area contributed by atoms with Gasteiger partial charge in [0.2, 0.25) is 0 Å². The van der Waals surface area contributed by atoms with E-state index in [0.717, 1.165) is 0 Å². The molecule has 60 valence electrons. The number of hydrogen-bond acceptors (Lipinski definition) is 1. The zero-order chi connectivity index (χ0) is 8.48. The summed E-state index contributed by atoms with van der Waals surface area (Å²) in [6.07, 6.45) is 0. The molecule has 0 aliphatic heterocycles. The van der Waals surface area contributed by atoms with Gasteiger partial charge in [-0.3, -0.25) is 0 Å². The second-order valence-electron chi connectivity index (χ2n) is 2.17. The van der Waals surface area contributed by atoms with Gasteiger partial charge in [0.1, 0.15) is 0 Å². The molecule has 0 saturated heterocycles. The molecule has 0 aliphatic rings. The Labute approximate surface area is 66.7 Å². The van der Waals surface area contributed by atoms with Crippen LogP contribution in [0.1, 0.15) is 0 Å². The van der Waals surface area contributed by atoms with Crippen LogP contribution in [0.3, 0.4) is 0 Å². The summed E-state index contributed by atoms with van der Waals surface area (Å²) in [5, 5.41) is 0. The van der Waals surface area contributed by atoms with E-state index in [-0.39, 0.29) is 4.35 Å². The third-order valence-electron chi connectivity index (χ3n) is 1.31. The molecule has 0 fully saturated rings. The summed E-state index contributed by atoms with van der Waals surface area (Å²) in [5.74, 6) is 0. The molecule has 0 bridgehead atoms. The van der Waals surface area contributed by atoms with Crippen LogP contribution in [-0.2, 0) is 3.74 Å². The standard InChI is InChI=1S/C6H8AsNO3/c8-6-4-2-1-3-5(6)7(9,10)11/h1-4H,8H2,(H2,9,10,11)/p+1. The molecule has 0 radical (unpaired) electrons. The van der Waals surface area contributed by atoms with Gasteiger partial charge in [-0.15, -0.1) is 0 Å². The molecule has 5 N–H and O–H groups in total. The molecule has 0 atom stereocenters. The summed E-state index contributed by atoms with van der Waals surface area (Å²) >= 11 is -4.71. The van der Waals surface area contributed by atoms with Crippen molar-refractivity contribution < 1.29 is 17.7 Å². The first-order chi connectivity index (χ1) is 5.02. The molecule has 0 heterocycles. The average Bonchev–Trinajstić information content (AvgIpc) is 1.86. The van der Waals surface area contributed by atoms with Gasteiger partial charge in [0.25, 0.3) is 0 Å². The van der Waals surface area contributed by atoms with E-state index in [4.69, 9.17) is 8.19 Å². The molecular formula is C6H9AsNO3+. The van der Waals surface area contributed by atoms with Crippen molar-refractivity contribution in [2.24, 2.45) is 0 Å². The first-order valence-corrected chi connectivity index (χ1v) is 6.37. The maximum absolute atomic E-state index is 10.8. The van der Waals surface area contributed by atoms with E-state index < -0.39 is 14.2 Å². The van der Waals surface area contributed by atoms with E-state index >= 15 is 0 Å². The molecule has 1 aromatic carbocycles. The predicted molar refractivity (Wildman–Crippen MR) is 39.5 cm³/mol. The molecule has 4 nitrogen and oxygen atoms in total. The molecule has 0 spiro atoms. The first-order valence-electron chi connectivity index (χ1n) is 2.99. The van der Waals surface area contributed by atoms with Crippen LogP contribution in [-0.4, -0.2) is 22.4 Å². The fourth-order valence-electron chi connectivity index (χ4n) is 0.795. The molecule has 0 saturated carbocycles. The van der Waals surface area contributed by atoms with Crippen molar-refractivity contribution in [1.29, 1.82) is 0 Å². The number of quaternary nitrogens is 1. The van der Waals surface area contributed by atoms with Gasteiger partial charge in [0, 0.05) is 0 Å². The summed E-state index contributed by atoms with van der Waals surface area (Å²) in [5.41, 5.74) is 3.91. The van der Waals surface area contributed by atoms with Crippen molar-refractivity contribution in [2.45, 2.75) is 0 Å². The molecule has 0 amide bonds. The van der Waals surface area contributed by atoms with Crippen LogP contribution >= 0.6 is 0 Å². The van der Waals surface area contributed by atoms with Gasteiger partial charge >= 0.3 is 66.1 Å². The van der Waals surface area contributed by atoms with Crippen molar-refractivity contribution in [1.82, 2.24) is 0 Å². The Balaban J connectivity index is 3.25. The molecule has 0 unspecified atom stereocenters. The number of benzene rings is 1. The van der Waals surface area contributed by atoms with Gasteiger partial charge in [-0.2, -0.15) is 0 Å². The summed E-state index contributed by atoms with van der Waals surface area (Å²) in [6.45, 7) is 0. The Morgan fingerprint density at radius 1 is 1.27 bits per heavy atom. The van der Waals surface area contributed by atoms with Crippen molar-refractivity contribution >= 4 is 24.2 Å². The Kier molecular flexibility index (Phi) is 2.20. The van der Waals surface area contributed by atoms with E-state index in [9.17, 15) is 3.74 Å².